The highest BCUT2D eigenvalue weighted by Crippen LogP contribution is 2.35. The third-order valence-corrected chi connectivity index (χ3v) is 5.16. The minimum absolute atomic E-state index is 0.0177. The number of ether oxygens (including phenoxy) is 1. The van der Waals surface area contributed by atoms with Crippen molar-refractivity contribution in [1.29, 1.82) is 0 Å². The Balaban J connectivity index is 1.92. The fourth-order valence-corrected chi connectivity index (χ4v) is 3.73. The van der Waals surface area contributed by atoms with Crippen molar-refractivity contribution < 1.29 is 9.53 Å². The number of halogens is 1. The number of nitrogens with zero attached hydrogens (tertiary/aromatic N) is 2. The zero-order chi connectivity index (χ0) is 19.4. The largest absolute Gasteiger partial charge is 0.497 e. The van der Waals surface area contributed by atoms with Gasteiger partial charge in [0.05, 0.1) is 17.7 Å². The van der Waals surface area contributed by atoms with Crippen LogP contribution in [0.2, 0.25) is 5.02 Å². The van der Waals surface area contributed by atoms with Crippen molar-refractivity contribution in [3.05, 3.63) is 64.0 Å². The number of hydrogen-bond donors (Lipinski definition) is 0. The number of carbonyl (C=O) groups excluding carboxylic acids is 1. The van der Waals surface area contributed by atoms with Crippen molar-refractivity contribution in [3.8, 4) is 5.75 Å². The number of hydrogen-bond acceptors (Lipinski definition) is 4. The molecule has 1 aliphatic rings. The molecule has 1 aliphatic heterocycles. The van der Waals surface area contributed by atoms with Gasteiger partial charge in [-0.3, -0.25) is 9.69 Å². The van der Waals surface area contributed by atoms with Gasteiger partial charge in [-0.2, -0.15) is 0 Å². The molecule has 0 bridgehead atoms. The summed E-state index contributed by atoms with van der Waals surface area (Å²) in [6.45, 7) is 4.80. The van der Waals surface area contributed by atoms with Crippen LogP contribution in [-0.2, 0) is 4.79 Å². The number of amides is 1. The summed E-state index contributed by atoms with van der Waals surface area (Å²) < 4.78 is 5.19. The van der Waals surface area contributed by atoms with Crippen LogP contribution in [0.15, 0.2) is 58.4 Å². The Kier molecular flexibility index (Phi) is 6.24. The van der Waals surface area contributed by atoms with Gasteiger partial charge in [0, 0.05) is 11.6 Å². The fourth-order valence-electron chi connectivity index (χ4n) is 2.60. The van der Waals surface area contributed by atoms with E-state index in [9.17, 15) is 4.79 Å². The van der Waals surface area contributed by atoms with Gasteiger partial charge < -0.3 is 4.74 Å². The smallest absolute Gasteiger partial charge is 0.266 e. The molecule has 0 aliphatic carbocycles. The zero-order valence-electron chi connectivity index (χ0n) is 15.5. The summed E-state index contributed by atoms with van der Waals surface area (Å²) in [6.07, 6.45) is 1.88. The van der Waals surface area contributed by atoms with Crippen molar-refractivity contribution in [3.63, 3.8) is 0 Å². The van der Waals surface area contributed by atoms with Crippen LogP contribution in [0.25, 0.3) is 6.08 Å². The molecule has 0 atom stereocenters. The molecular weight excluding hydrogens is 380 g/mol. The molecule has 0 radical (unpaired) electrons. The second-order valence-corrected chi connectivity index (χ2v) is 8.01. The molecule has 2 aromatic rings. The van der Waals surface area contributed by atoms with Crippen molar-refractivity contribution in [2.75, 3.05) is 13.7 Å². The molecule has 27 heavy (non-hydrogen) atoms. The van der Waals surface area contributed by atoms with Crippen molar-refractivity contribution in [1.82, 2.24) is 4.90 Å². The lowest BCUT2D eigenvalue weighted by atomic mass is 10.2. The van der Waals surface area contributed by atoms with E-state index >= 15 is 0 Å². The van der Waals surface area contributed by atoms with E-state index in [1.165, 1.54) is 11.8 Å². The van der Waals surface area contributed by atoms with Crippen LogP contribution in [0.1, 0.15) is 19.4 Å². The van der Waals surface area contributed by atoms with Crippen LogP contribution in [0.3, 0.4) is 0 Å². The molecule has 0 N–H and O–H groups in total. The lowest BCUT2D eigenvalue weighted by Gasteiger charge is -2.17. The quantitative estimate of drug-likeness (QED) is 0.612. The summed E-state index contributed by atoms with van der Waals surface area (Å²) in [4.78, 5) is 20.0. The van der Waals surface area contributed by atoms with E-state index in [1.807, 2.05) is 54.6 Å². The molecule has 1 amide bonds. The Hall–Kier alpha value is -2.24. The number of amidine groups is 1. The zero-order valence-corrected chi connectivity index (χ0v) is 17.1. The maximum absolute atomic E-state index is 12.9. The van der Waals surface area contributed by atoms with E-state index in [-0.39, 0.29) is 5.91 Å². The standard InChI is InChI=1S/C21H21ClN2O2S/c1-14(2)13-24-20(25)19(12-15-4-6-16(22)7-5-15)27-21(24)23-17-8-10-18(26-3)11-9-17/h4-12,14H,13H2,1-3H3/b19-12-,23-21?. The predicted octanol–water partition coefficient (Wildman–Crippen LogP) is 5.61. The van der Waals surface area contributed by atoms with Gasteiger partial charge in [-0.1, -0.05) is 37.6 Å². The van der Waals surface area contributed by atoms with Gasteiger partial charge in [0.1, 0.15) is 5.75 Å². The number of methoxy groups -OCH3 is 1. The van der Waals surface area contributed by atoms with Gasteiger partial charge in [-0.25, -0.2) is 4.99 Å². The van der Waals surface area contributed by atoms with Crippen LogP contribution in [0.4, 0.5) is 5.69 Å². The molecule has 4 nitrogen and oxygen atoms in total. The molecule has 1 heterocycles. The van der Waals surface area contributed by atoms with Gasteiger partial charge in [-0.05, 0) is 65.7 Å². The van der Waals surface area contributed by atoms with E-state index in [4.69, 9.17) is 21.3 Å². The molecule has 1 saturated heterocycles. The summed E-state index contributed by atoms with van der Waals surface area (Å²) in [5, 5.41) is 1.37. The Labute approximate surface area is 168 Å². The molecular formula is C21H21ClN2O2S. The topological polar surface area (TPSA) is 41.9 Å². The lowest BCUT2D eigenvalue weighted by molar-refractivity contribution is -0.122. The van der Waals surface area contributed by atoms with Crippen LogP contribution in [-0.4, -0.2) is 29.6 Å². The van der Waals surface area contributed by atoms with E-state index < -0.39 is 0 Å². The van der Waals surface area contributed by atoms with Crippen LogP contribution in [0, 0.1) is 5.92 Å². The summed E-state index contributed by atoms with van der Waals surface area (Å²) in [5.74, 6) is 1.10. The fraction of sp³-hybridized carbons (Fsp3) is 0.238. The first-order chi connectivity index (χ1) is 13.0. The number of thioether (sulfide) groups is 1. The number of carbonyl (C=O) groups is 1. The average molecular weight is 401 g/mol. The van der Waals surface area contributed by atoms with E-state index in [0.29, 0.717) is 27.6 Å². The second-order valence-electron chi connectivity index (χ2n) is 6.56. The van der Waals surface area contributed by atoms with Crippen LogP contribution < -0.4 is 4.74 Å². The minimum Gasteiger partial charge on any atom is -0.497 e. The first-order valence-electron chi connectivity index (χ1n) is 8.66. The number of aliphatic imine (C=N–C) groups is 1. The molecule has 0 spiro atoms. The monoisotopic (exact) mass is 400 g/mol. The number of rotatable bonds is 5. The van der Waals surface area contributed by atoms with E-state index in [2.05, 4.69) is 13.8 Å². The molecule has 3 rings (SSSR count). The first-order valence-corrected chi connectivity index (χ1v) is 9.85. The van der Waals surface area contributed by atoms with Gasteiger partial charge in [0.15, 0.2) is 5.17 Å². The molecule has 2 aromatic carbocycles. The normalized spacial score (nSPS) is 17.4. The minimum atomic E-state index is -0.0177. The highest BCUT2D eigenvalue weighted by atomic mass is 35.5. The highest BCUT2D eigenvalue weighted by molar-refractivity contribution is 8.18. The first kappa shape index (κ1) is 19.5. The van der Waals surface area contributed by atoms with E-state index in [1.54, 1.807) is 12.0 Å². The van der Waals surface area contributed by atoms with Crippen molar-refractivity contribution in [2.24, 2.45) is 10.9 Å². The Morgan fingerprint density at radius 3 is 2.41 bits per heavy atom. The van der Waals surface area contributed by atoms with Crippen LogP contribution >= 0.6 is 23.4 Å². The highest BCUT2D eigenvalue weighted by Gasteiger charge is 2.33. The molecule has 140 valence electrons. The molecule has 0 unspecified atom stereocenters. The van der Waals surface area contributed by atoms with Gasteiger partial charge in [-0.15, -0.1) is 0 Å². The summed E-state index contributed by atoms with van der Waals surface area (Å²) in [5.41, 5.74) is 1.72. The van der Waals surface area contributed by atoms with Gasteiger partial charge in [0.2, 0.25) is 0 Å². The predicted molar refractivity (Wildman–Crippen MR) is 114 cm³/mol. The average Bonchev–Trinajstić information content (AvgIpc) is 2.92. The van der Waals surface area contributed by atoms with Gasteiger partial charge >= 0.3 is 0 Å². The molecule has 6 heteroatoms. The maximum atomic E-state index is 12.9. The molecule has 0 saturated carbocycles. The van der Waals surface area contributed by atoms with Crippen molar-refractivity contribution in [2.45, 2.75) is 13.8 Å². The Morgan fingerprint density at radius 1 is 1.15 bits per heavy atom. The molecule has 0 aromatic heterocycles. The summed E-state index contributed by atoms with van der Waals surface area (Å²) >= 11 is 7.34. The Morgan fingerprint density at radius 2 is 1.81 bits per heavy atom. The van der Waals surface area contributed by atoms with Crippen molar-refractivity contribution >= 4 is 46.2 Å². The Bertz CT molecular complexity index is 874. The van der Waals surface area contributed by atoms with Crippen LogP contribution in [0.5, 0.6) is 5.75 Å². The third kappa shape index (κ3) is 4.93. The SMILES string of the molecule is COc1ccc(N=C2S/C(=C\c3ccc(Cl)cc3)C(=O)N2CC(C)C)cc1. The third-order valence-electron chi connectivity index (χ3n) is 3.90. The van der Waals surface area contributed by atoms with Gasteiger partial charge in [0.25, 0.3) is 5.91 Å². The number of benzene rings is 2. The second kappa shape index (κ2) is 8.63. The maximum Gasteiger partial charge on any atom is 0.266 e. The summed E-state index contributed by atoms with van der Waals surface area (Å²) in [7, 11) is 1.63. The lowest BCUT2D eigenvalue weighted by Crippen LogP contribution is -2.32. The van der Waals surface area contributed by atoms with E-state index in [0.717, 1.165) is 17.0 Å². The molecule has 1 fully saturated rings. The summed E-state index contributed by atoms with van der Waals surface area (Å²) in [6, 6.07) is 14.9.